The number of amides is 1. The molecule has 110 valence electrons. The summed E-state index contributed by atoms with van der Waals surface area (Å²) >= 11 is 9.37. The van der Waals surface area contributed by atoms with Crippen molar-refractivity contribution < 1.29 is 9.53 Å². The number of halogens is 2. The largest absolute Gasteiger partial charge is 0.483 e. The van der Waals surface area contributed by atoms with E-state index in [0.717, 1.165) is 10.0 Å². The molecular weight excluding hydrogens is 356 g/mol. The van der Waals surface area contributed by atoms with Gasteiger partial charge < -0.3 is 15.8 Å². The second-order valence-corrected chi connectivity index (χ2v) is 5.77. The van der Waals surface area contributed by atoms with Crippen LogP contribution in [-0.4, -0.2) is 12.5 Å². The molecule has 0 fully saturated rings. The summed E-state index contributed by atoms with van der Waals surface area (Å²) in [5, 5.41) is 3.09. The Labute approximate surface area is 136 Å². The van der Waals surface area contributed by atoms with Gasteiger partial charge in [0.05, 0.1) is 15.2 Å². The lowest BCUT2D eigenvalue weighted by atomic mass is 10.2. The molecule has 0 unspecified atom stereocenters. The highest BCUT2D eigenvalue weighted by Gasteiger charge is 2.08. The van der Waals surface area contributed by atoms with Crippen LogP contribution in [0.1, 0.15) is 5.56 Å². The van der Waals surface area contributed by atoms with Gasteiger partial charge in [0, 0.05) is 5.69 Å². The molecule has 2 rings (SSSR count). The predicted octanol–water partition coefficient (Wildman–Crippen LogP) is 4.01. The molecule has 2 aromatic carbocycles. The molecule has 6 heteroatoms. The van der Waals surface area contributed by atoms with Crippen molar-refractivity contribution >= 4 is 44.8 Å². The molecule has 2 aromatic rings. The first kappa shape index (κ1) is 15.7. The van der Waals surface area contributed by atoms with E-state index in [4.69, 9.17) is 22.1 Å². The first-order valence-electron chi connectivity index (χ1n) is 6.19. The van der Waals surface area contributed by atoms with E-state index in [1.807, 2.05) is 19.1 Å². The predicted molar refractivity (Wildman–Crippen MR) is 88.9 cm³/mol. The van der Waals surface area contributed by atoms with E-state index in [1.165, 1.54) is 0 Å². The Morgan fingerprint density at radius 2 is 2.10 bits per heavy atom. The van der Waals surface area contributed by atoms with Crippen LogP contribution in [0.2, 0.25) is 5.02 Å². The molecule has 1 amide bonds. The second-order valence-electron chi connectivity index (χ2n) is 4.51. The minimum Gasteiger partial charge on any atom is -0.483 e. The minimum absolute atomic E-state index is 0.118. The zero-order valence-electron chi connectivity index (χ0n) is 11.3. The number of benzene rings is 2. The Morgan fingerprint density at radius 1 is 1.33 bits per heavy atom. The fraction of sp³-hybridized carbons (Fsp3) is 0.133. The fourth-order valence-corrected chi connectivity index (χ4v) is 2.46. The van der Waals surface area contributed by atoms with Crippen LogP contribution in [0.25, 0.3) is 0 Å². The van der Waals surface area contributed by atoms with Gasteiger partial charge in [-0.25, -0.2) is 0 Å². The summed E-state index contributed by atoms with van der Waals surface area (Å²) in [4.78, 5) is 11.9. The topological polar surface area (TPSA) is 64.3 Å². The number of carbonyl (C=O) groups excluding carboxylic acids is 1. The van der Waals surface area contributed by atoms with Crippen LogP contribution < -0.4 is 15.8 Å². The number of rotatable bonds is 4. The maximum Gasteiger partial charge on any atom is 0.262 e. The second kappa shape index (κ2) is 6.83. The Bertz CT molecular complexity index is 677. The number of hydrogen-bond donors (Lipinski definition) is 2. The number of hydrogen-bond acceptors (Lipinski definition) is 3. The summed E-state index contributed by atoms with van der Waals surface area (Å²) in [7, 11) is 0. The van der Waals surface area contributed by atoms with Gasteiger partial charge in [0.15, 0.2) is 6.61 Å². The normalized spacial score (nSPS) is 10.2. The Hall–Kier alpha value is -1.72. The molecule has 4 nitrogen and oxygen atoms in total. The van der Waals surface area contributed by atoms with Crippen molar-refractivity contribution in [3.05, 3.63) is 51.5 Å². The maximum absolute atomic E-state index is 11.9. The third-order valence-corrected chi connectivity index (χ3v) is 3.66. The van der Waals surface area contributed by atoms with Gasteiger partial charge >= 0.3 is 0 Å². The van der Waals surface area contributed by atoms with Crippen LogP contribution >= 0.6 is 27.5 Å². The average Bonchev–Trinajstić information content (AvgIpc) is 2.42. The molecule has 0 heterocycles. The highest BCUT2D eigenvalue weighted by atomic mass is 79.9. The first-order chi connectivity index (χ1) is 9.95. The van der Waals surface area contributed by atoms with E-state index in [0.29, 0.717) is 22.1 Å². The Morgan fingerprint density at radius 3 is 2.81 bits per heavy atom. The number of nitrogen functional groups attached to an aromatic ring is 1. The lowest BCUT2D eigenvalue weighted by Gasteiger charge is -2.10. The molecule has 0 aliphatic carbocycles. The minimum atomic E-state index is -0.310. The zero-order valence-corrected chi connectivity index (χ0v) is 13.7. The number of carbonyl (C=O) groups is 1. The van der Waals surface area contributed by atoms with E-state index in [1.54, 1.807) is 24.3 Å². The van der Waals surface area contributed by atoms with E-state index >= 15 is 0 Å². The van der Waals surface area contributed by atoms with E-state index < -0.39 is 0 Å². The monoisotopic (exact) mass is 368 g/mol. The van der Waals surface area contributed by atoms with Gasteiger partial charge in [0.1, 0.15) is 5.75 Å². The van der Waals surface area contributed by atoms with Crippen molar-refractivity contribution in [2.75, 3.05) is 17.7 Å². The van der Waals surface area contributed by atoms with Gasteiger partial charge in [-0.2, -0.15) is 0 Å². The number of anilines is 2. The SMILES string of the molecule is Cc1ccc(OCC(=O)Nc2cc(N)ccc2Cl)c(Br)c1. The molecular formula is C15H14BrClN2O2. The molecule has 0 aromatic heterocycles. The van der Waals surface area contributed by atoms with Crippen LogP contribution in [0.4, 0.5) is 11.4 Å². The molecule has 0 saturated carbocycles. The molecule has 0 radical (unpaired) electrons. The number of ether oxygens (including phenoxy) is 1. The van der Waals surface area contributed by atoms with Crippen LogP contribution in [0, 0.1) is 6.92 Å². The molecule has 0 saturated heterocycles. The average molecular weight is 370 g/mol. The Kier molecular flexibility index (Phi) is 5.09. The quantitative estimate of drug-likeness (QED) is 0.800. The van der Waals surface area contributed by atoms with Gasteiger partial charge in [0.25, 0.3) is 5.91 Å². The molecule has 21 heavy (non-hydrogen) atoms. The highest BCUT2D eigenvalue weighted by Crippen LogP contribution is 2.26. The highest BCUT2D eigenvalue weighted by molar-refractivity contribution is 9.10. The van der Waals surface area contributed by atoms with E-state index in [9.17, 15) is 4.79 Å². The summed E-state index contributed by atoms with van der Waals surface area (Å²) in [6, 6.07) is 10.5. The summed E-state index contributed by atoms with van der Waals surface area (Å²) in [5.74, 6) is 0.296. The Balaban J connectivity index is 1.97. The molecule has 3 N–H and O–H groups in total. The van der Waals surface area contributed by atoms with Crippen molar-refractivity contribution in [1.82, 2.24) is 0 Å². The van der Waals surface area contributed by atoms with E-state index in [-0.39, 0.29) is 12.5 Å². The van der Waals surface area contributed by atoms with Crippen molar-refractivity contribution in [1.29, 1.82) is 0 Å². The van der Waals surface area contributed by atoms with Crippen LogP contribution in [-0.2, 0) is 4.79 Å². The molecule has 0 aliphatic heterocycles. The summed E-state index contributed by atoms with van der Waals surface area (Å²) in [5.41, 5.74) is 7.75. The molecule has 0 atom stereocenters. The molecule has 0 aliphatic rings. The van der Waals surface area contributed by atoms with Gasteiger partial charge in [-0.15, -0.1) is 0 Å². The number of aryl methyl sites for hydroxylation is 1. The van der Waals surface area contributed by atoms with Crippen molar-refractivity contribution in [2.45, 2.75) is 6.92 Å². The van der Waals surface area contributed by atoms with Crippen molar-refractivity contribution in [3.63, 3.8) is 0 Å². The summed E-state index contributed by atoms with van der Waals surface area (Å²) in [6.45, 7) is 1.86. The lowest BCUT2D eigenvalue weighted by molar-refractivity contribution is -0.118. The van der Waals surface area contributed by atoms with E-state index in [2.05, 4.69) is 21.2 Å². The maximum atomic E-state index is 11.9. The van der Waals surface area contributed by atoms with Crippen LogP contribution in [0.5, 0.6) is 5.75 Å². The van der Waals surface area contributed by atoms with Crippen molar-refractivity contribution in [3.8, 4) is 5.75 Å². The molecule has 0 bridgehead atoms. The van der Waals surface area contributed by atoms with Crippen LogP contribution in [0.15, 0.2) is 40.9 Å². The molecule has 0 spiro atoms. The van der Waals surface area contributed by atoms with Crippen molar-refractivity contribution in [2.24, 2.45) is 0 Å². The zero-order chi connectivity index (χ0) is 15.4. The van der Waals surface area contributed by atoms with Gasteiger partial charge in [-0.05, 0) is 58.7 Å². The number of nitrogens with one attached hydrogen (secondary N) is 1. The third-order valence-electron chi connectivity index (χ3n) is 2.71. The van der Waals surface area contributed by atoms with Gasteiger partial charge in [0.2, 0.25) is 0 Å². The first-order valence-corrected chi connectivity index (χ1v) is 7.36. The smallest absolute Gasteiger partial charge is 0.262 e. The van der Waals surface area contributed by atoms with Gasteiger partial charge in [-0.3, -0.25) is 4.79 Å². The third kappa shape index (κ3) is 4.37. The number of nitrogens with two attached hydrogens (primary N) is 1. The van der Waals surface area contributed by atoms with Gasteiger partial charge in [-0.1, -0.05) is 17.7 Å². The standard InChI is InChI=1S/C15H14BrClN2O2/c1-9-2-5-14(11(16)6-9)21-8-15(20)19-13-7-10(18)3-4-12(13)17/h2-7H,8,18H2,1H3,(H,19,20). The summed E-state index contributed by atoms with van der Waals surface area (Å²) < 4.78 is 6.27. The lowest BCUT2D eigenvalue weighted by Crippen LogP contribution is -2.20. The fourth-order valence-electron chi connectivity index (χ4n) is 1.69. The summed E-state index contributed by atoms with van der Waals surface area (Å²) in [6.07, 6.45) is 0. The van der Waals surface area contributed by atoms with Crippen LogP contribution in [0.3, 0.4) is 0 Å².